The quantitative estimate of drug-likeness (QED) is 0.752. The predicted octanol–water partition coefficient (Wildman–Crippen LogP) is 2.43. The second kappa shape index (κ2) is 5.66. The Labute approximate surface area is 86.0 Å². The third kappa shape index (κ3) is 3.38. The van der Waals surface area contributed by atoms with Gasteiger partial charge in [-0.25, -0.2) is 0 Å². The van der Waals surface area contributed by atoms with Crippen LogP contribution in [0.4, 0.5) is 5.69 Å². The lowest BCUT2D eigenvalue weighted by atomic mass is 10.1. The zero-order valence-electron chi connectivity index (χ0n) is 8.96. The third-order valence-electron chi connectivity index (χ3n) is 2.48. The number of rotatable bonds is 5. The summed E-state index contributed by atoms with van der Waals surface area (Å²) in [6.07, 6.45) is 1.01. The Morgan fingerprint density at radius 3 is 2.43 bits per heavy atom. The van der Waals surface area contributed by atoms with Crippen molar-refractivity contribution in [1.29, 1.82) is 0 Å². The van der Waals surface area contributed by atoms with E-state index in [4.69, 9.17) is 5.11 Å². The zero-order valence-corrected chi connectivity index (χ0v) is 8.96. The molecule has 1 unspecified atom stereocenters. The van der Waals surface area contributed by atoms with Crippen molar-refractivity contribution < 1.29 is 5.11 Å². The van der Waals surface area contributed by atoms with Crippen LogP contribution in [-0.4, -0.2) is 18.3 Å². The standard InChI is InChI=1S/C12H19NO/c1-3-11(9-14)8-13-12-6-4-10(2)5-7-12/h4-7,11,13-14H,3,8-9H2,1-2H3. The molecule has 2 nitrogen and oxygen atoms in total. The van der Waals surface area contributed by atoms with Crippen LogP contribution >= 0.6 is 0 Å². The molecule has 0 radical (unpaired) electrons. The van der Waals surface area contributed by atoms with Crippen LogP contribution in [0.2, 0.25) is 0 Å². The number of nitrogens with one attached hydrogen (secondary N) is 1. The summed E-state index contributed by atoms with van der Waals surface area (Å²) in [5.74, 6) is 0.358. The average Bonchev–Trinajstić information content (AvgIpc) is 2.22. The molecule has 2 heteroatoms. The highest BCUT2D eigenvalue weighted by molar-refractivity contribution is 5.44. The van der Waals surface area contributed by atoms with Crippen molar-refractivity contribution in [1.82, 2.24) is 0 Å². The van der Waals surface area contributed by atoms with Gasteiger partial charge in [0.2, 0.25) is 0 Å². The monoisotopic (exact) mass is 193 g/mol. The van der Waals surface area contributed by atoms with E-state index in [2.05, 4.69) is 43.4 Å². The largest absolute Gasteiger partial charge is 0.396 e. The summed E-state index contributed by atoms with van der Waals surface area (Å²) in [4.78, 5) is 0. The van der Waals surface area contributed by atoms with E-state index in [9.17, 15) is 0 Å². The molecule has 1 atom stereocenters. The normalized spacial score (nSPS) is 12.5. The Balaban J connectivity index is 2.41. The van der Waals surface area contributed by atoms with Crippen LogP contribution < -0.4 is 5.32 Å². The second-order valence-corrected chi connectivity index (χ2v) is 3.70. The van der Waals surface area contributed by atoms with Crippen LogP contribution in [-0.2, 0) is 0 Å². The van der Waals surface area contributed by atoms with E-state index < -0.39 is 0 Å². The fraction of sp³-hybridized carbons (Fsp3) is 0.500. The molecule has 1 rings (SSSR count). The van der Waals surface area contributed by atoms with Gasteiger partial charge in [-0.2, -0.15) is 0 Å². The minimum atomic E-state index is 0.259. The molecule has 0 saturated carbocycles. The van der Waals surface area contributed by atoms with Crippen molar-refractivity contribution >= 4 is 5.69 Å². The summed E-state index contributed by atoms with van der Waals surface area (Å²) >= 11 is 0. The number of anilines is 1. The maximum atomic E-state index is 9.01. The molecule has 0 fully saturated rings. The molecule has 0 amide bonds. The minimum Gasteiger partial charge on any atom is -0.396 e. The summed E-state index contributed by atoms with van der Waals surface area (Å²) in [5.41, 5.74) is 2.40. The van der Waals surface area contributed by atoms with Crippen LogP contribution in [0.3, 0.4) is 0 Å². The van der Waals surface area contributed by atoms with E-state index in [1.807, 2.05) is 0 Å². The van der Waals surface area contributed by atoms with Gasteiger partial charge in [0.05, 0.1) is 0 Å². The highest BCUT2D eigenvalue weighted by atomic mass is 16.3. The van der Waals surface area contributed by atoms with Gasteiger partial charge in [-0.15, -0.1) is 0 Å². The van der Waals surface area contributed by atoms with E-state index in [0.717, 1.165) is 18.7 Å². The van der Waals surface area contributed by atoms with E-state index in [-0.39, 0.29) is 6.61 Å². The van der Waals surface area contributed by atoms with E-state index in [1.54, 1.807) is 0 Å². The first-order valence-electron chi connectivity index (χ1n) is 5.17. The summed E-state index contributed by atoms with van der Waals surface area (Å²) in [7, 11) is 0. The van der Waals surface area contributed by atoms with Crippen molar-refractivity contribution in [3.05, 3.63) is 29.8 Å². The molecule has 0 aliphatic heterocycles. The molecule has 0 bridgehead atoms. The lowest BCUT2D eigenvalue weighted by Crippen LogP contribution is -2.16. The van der Waals surface area contributed by atoms with Crippen molar-refractivity contribution in [3.8, 4) is 0 Å². The van der Waals surface area contributed by atoms with Gasteiger partial charge in [-0.05, 0) is 31.4 Å². The molecule has 0 aliphatic rings. The van der Waals surface area contributed by atoms with Crippen LogP contribution in [0.25, 0.3) is 0 Å². The van der Waals surface area contributed by atoms with Gasteiger partial charge >= 0.3 is 0 Å². The van der Waals surface area contributed by atoms with Crippen molar-refractivity contribution in [2.45, 2.75) is 20.3 Å². The highest BCUT2D eigenvalue weighted by Gasteiger charge is 2.03. The molecule has 2 N–H and O–H groups in total. The van der Waals surface area contributed by atoms with E-state index in [0.29, 0.717) is 5.92 Å². The van der Waals surface area contributed by atoms with Crippen molar-refractivity contribution in [2.24, 2.45) is 5.92 Å². The van der Waals surface area contributed by atoms with Gasteiger partial charge in [0, 0.05) is 18.8 Å². The second-order valence-electron chi connectivity index (χ2n) is 3.70. The molecule has 14 heavy (non-hydrogen) atoms. The van der Waals surface area contributed by atoms with Crippen LogP contribution in [0.1, 0.15) is 18.9 Å². The molecular formula is C12H19NO. The molecule has 0 aliphatic carbocycles. The summed E-state index contributed by atoms with van der Waals surface area (Å²) in [5, 5.41) is 12.3. The Morgan fingerprint density at radius 1 is 1.29 bits per heavy atom. The first kappa shape index (κ1) is 11.1. The molecule has 1 aromatic carbocycles. The number of aliphatic hydroxyl groups excluding tert-OH is 1. The van der Waals surface area contributed by atoms with Crippen molar-refractivity contribution in [2.75, 3.05) is 18.5 Å². The smallest absolute Gasteiger partial charge is 0.0475 e. The third-order valence-corrected chi connectivity index (χ3v) is 2.48. The summed E-state index contributed by atoms with van der Waals surface area (Å²) in [6, 6.07) is 8.31. The fourth-order valence-corrected chi connectivity index (χ4v) is 1.27. The highest BCUT2D eigenvalue weighted by Crippen LogP contribution is 2.10. The van der Waals surface area contributed by atoms with Gasteiger partial charge in [0.1, 0.15) is 0 Å². The van der Waals surface area contributed by atoms with E-state index >= 15 is 0 Å². The van der Waals surface area contributed by atoms with Gasteiger partial charge < -0.3 is 10.4 Å². The molecule has 1 aromatic rings. The first-order chi connectivity index (χ1) is 6.76. The van der Waals surface area contributed by atoms with Crippen LogP contribution in [0, 0.1) is 12.8 Å². The molecular weight excluding hydrogens is 174 g/mol. The lowest BCUT2D eigenvalue weighted by Gasteiger charge is -2.13. The first-order valence-corrected chi connectivity index (χ1v) is 5.17. The number of aliphatic hydroxyl groups is 1. The van der Waals surface area contributed by atoms with Gasteiger partial charge in [0.15, 0.2) is 0 Å². The molecule has 0 saturated heterocycles. The molecule has 0 heterocycles. The van der Waals surface area contributed by atoms with Gasteiger partial charge in [-0.3, -0.25) is 0 Å². The SMILES string of the molecule is CCC(CO)CNc1ccc(C)cc1. The number of aryl methyl sites for hydroxylation is 1. The van der Waals surface area contributed by atoms with Crippen LogP contribution in [0.15, 0.2) is 24.3 Å². The Kier molecular flexibility index (Phi) is 4.47. The van der Waals surface area contributed by atoms with Gasteiger partial charge in [-0.1, -0.05) is 24.6 Å². The predicted molar refractivity (Wildman–Crippen MR) is 60.5 cm³/mol. The lowest BCUT2D eigenvalue weighted by molar-refractivity contribution is 0.230. The molecule has 78 valence electrons. The number of benzene rings is 1. The molecule has 0 aromatic heterocycles. The Hall–Kier alpha value is -1.02. The Bertz CT molecular complexity index is 252. The fourth-order valence-electron chi connectivity index (χ4n) is 1.27. The Morgan fingerprint density at radius 2 is 1.93 bits per heavy atom. The topological polar surface area (TPSA) is 32.3 Å². The average molecular weight is 193 g/mol. The van der Waals surface area contributed by atoms with Crippen LogP contribution in [0.5, 0.6) is 0 Å². The van der Waals surface area contributed by atoms with E-state index in [1.165, 1.54) is 5.56 Å². The summed E-state index contributed by atoms with van der Waals surface area (Å²) in [6.45, 7) is 5.27. The maximum absolute atomic E-state index is 9.01. The summed E-state index contributed by atoms with van der Waals surface area (Å²) < 4.78 is 0. The molecule has 0 spiro atoms. The number of hydrogen-bond donors (Lipinski definition) is 2. The minimum absolute atomic E-state index is 0.259. The maximum Gasteiger partial charge on any atom is 0.0475 e. The zero-order chi connectivity index (χ0) is 10.4. The van der Waals surface area contributed by atoms with Gasteiger partial charge in [0.25, 0.3) is 0 Å². The number of hydrogen-bond acceptors (Lipinski definition) is 2. The van der Waals surface area contributed by atoms with Crippen molar-refractivity contribution in [3.63, 3.8) is 0 Å².